The molecule has 3 aromatic heterocycles. The summed E-state index contributed by atoms with van der Waals surface area (Å²) in [6.07, 6.45) is 51.2. The Hall–Kier alpha value is -7.16. The van der Waals surface area contributed by atoms with Gasteiger partial charge in [-0.15, -0.1) is 34.0 Å². The van der Waals surface area contributed by atoms with Crippen molar-refractivity contribution in [3.05, 3.63) is 141 Å². The van der Waals surface area contributed by atoms with Gasteiger partial charge in [0.15, 0.2) is 23.0 Å². The number of carbonyl (C=O) groups is 2. The van der Waals surface area contributed by atoms with Gasteiger partial charge < -0.3 is 39.1 Å². The SMILES string of the molecule is CC(C)CCCC(C)CCCC(C)CCOc1cc(C(=O)Nc2ccc(C#Cc3ccc(-c4ccc(-c5ccc(C#Cc6ccc(NC(=O)c7cc(OCCC(C)CCCC(C)CCCC(C)C)c(OCCC(C)CCCC(C)CCCC(C)C)c(OCCC(C)CCCC(C)CCCC(C)C)c7)cc6)s5)s4)s3)cc2)cc(OCCC(C)CCCC(C)CCCC(C)C)c1OCCC(C)CCCC(C)CCCC(C)C. The molecule has 0 aliphatic carbocycles. The molecule has 10 nitrogen and oxygen atoms in total. The fourth-order valence-corrected chi connectivity index (χ4v) is 22.7. The molecule has 12 atom stereocenters. The summed E-state index contributed by atoms with van der Waals surface area (Å²) in [5.41, 5.74) is 4.01. The van der Waals surface area contributed by atoms with Crippen molar-refractivity contribution >= 4 is 57.2 Å². The minimum atomic E-state index is -0.237. The average Bonchev–Trinajstić information content (AvgIpc) is 1.45. The Morgan fingerprint density at radius 1 is 0.221 bits per heavy atom. The van der Waals surface area contributed by atoms with Crippen LogP contribution in [0.3, 0.4) is 0 Å². The van der Waals surface area contributed by atoms with E-state index >= 15 is 0 Å². The lowest BCUT2D eigenvalue weighted by molar-refractivity contribution is 0.101. The second-order valence-corrected chi connectivity index (χ2v) is 51.5. The van der Waals surface area contributed by atoms with Gasteiger partial charge in [-0.25, -0.2) is 0 Å². The molecule has 2 amide bonds. The molecule has 0 aliphatic rings. The first-order valence-electron chi connectivity index (χ1n) is 58.9. The van der Waals surface area contributed by atoms with Crippen molar-refractivity contribution in [1.29, 1.82) is 0 Å². The Morgan fingerprint density at radius 2 is 0.407 bits per heavy atom. The molecule has 0 saturated heterocycles. The summed E-state index contributed by atoms with van der Waals surface area (Å²) in [7, 11) is 0. The molecule has 4 aromatic carbocycles. The maximum absolute atomic E-state index is 14.7. The molecule has 0 bridgehead atoms. The highest BCUT2D eigenvalue weighted by molar-refractivity contribution is 7.26. The molecule has 145 heavy (non-hydrogen) atoms. The van der Waals surface area contributed by atoms with Crippen LogP contribution in [-0.4, -0.2) is 51.5 Å². The standard InChI is InChI=1S/C132H206N2O8S3/c1-95(2)37-25-43-101(13)49-31-55-107(19)79-85-137-121-91-115(92-122(138-86-80-108(20)56-32-50-102(14)44-26-38-96(3)4)129(121)141-89-83-111(23)59-35-53-105(17)47-29-41-99(9)10)131(135)133-117-67-61-113(62-68-117)65-71-119-73-75-125(143-119)127-77-78-128(145-127)126-76-74-120(144-126)72-66-114-63-69-118(70-64-114)134-132(136)116-93-123(139-87-81-109(21)57-33-51-103(15)45-27-39-97(5)6)130(142-90-84-112(24)60-36-54-106(18)48-30-42-100(11)12)124(94-116)140-88-82-110(22)58-34-52-104(16)46-28-40-98(7)8/h61-64,67-70,73-78,91-112H,25-60,79-90H2,1-24H3,(H,133,135)(H,134,136). The maximum Gasteiger partial charge on any atom is 0.255 e. The fourth-order valence-electron chi connectivity index (χ4n) is 19.8. The van der Waals surface area contributed by atoms with Gasteiger partial charge in [-0.2, -0.15) is 0 Å². The van der Waals surface area contributed by atoms with Crippen LogP contribution in [0.5, 0.6) is 34.5 Å². The van der Waals surface area contributed by atoms with Crippen LogP contribution in [0.25, 0.3) is 19.5 Å². The molecule has 13 heteroatoms. The first-order valence-corrected chi connectivity index (χ1v) is 61.3. The zero-order valence-electron chi connectivity index (χ0n) is 96.2. The lowest BCUT2D eigenvalue weighted by Gasteiger charge is -2.21. The highest BCUT2D eigenvalue weighted by atomic mass is 32.1. The van der Waals surface area contributed by atoms with E-state index in [1.54, 1.807) is 34.0 Å². The van der Waals surface area contributed by atoms with Gasteiger partial charge in [0.1, 0.15) is 0 Å². The number of hydrogen-bond acceptors (Lipinski definition) is 11. The Kier molecular flexibility index (Phi) is 61.6. The monoisotopic (exact) mass is 2040 g/mol. The molecule has 810 valence electrons. The molecule has 12 unspecified atom stereocenters. The number of benzene rings is 4. The second kappa shape index (κ2) is 71.6. The summed E-state index contributed by atoms with van der Waals surface area (Å²) in [5, 5.41) is 6.45. The Morgan fingerprint density at radius 3 is 0.621 bits per heavy atom. The predicted octanol–water partition coefficient (Wildman–Crippen LogP) is 40.7. The third-order valence-electron chi connectivity index (χ3n) is 30.2. The van der Waals surface area contributed by atoms with Crippen molar-refractivity contribution in [2.75, 3.05) is 50.3 Å². The number of rotatable bonds is 78. The van der Waals surface area contributed by atoms with E-state index in [9.17, 15) is 9.59 Å². The van der Waals surface area contributed by atoms with Gasteiger partial charge in [0, 0.05) is 53.1 Å². The van der Waals surface area contributed by atoms with Gasteiger partial charge in [0.25, 0.3) is 11.8 Å². The first kappa shape index (κ1) is 125. The smallest absolute Gasteiger partial charge is 0.255 e. The van der Waals surface area contributed by atoms with E-state index < -0.39 is 0 Å². The van der Waals surface area contributed by atoms with Crippen molar-refractivity contribution in [3.8, 4) is 77.7 Å². The molecule has 7 rings (SSSR count). The van der Waals surface area contributed by atoms with Crippen LogP contribution in [0.4, 0.5) is 11.4 Å². The summed E-state index contributed by atoms with van der Waals surface area (Å²) in [4.78, 5) is 36.1. The predicted molar refractivity (Wildman–Crippen MR) is 630 cm³/mol. The second-order valence-electron chi connectivity index (χ2n) is 48.3. The summed E-state index contributed by atoms with van der Waals surface area (Å²) in [6.45, 7) is 59.9. The van der Waals surface area contributed by atoms with Crippen molar-refractivity contribution in [3.63, 3.8) is 0 Å². The van der Waals surface area contributed by atoms with Crippen LogP contribution in [0.15, 0.2) is 109 Å². The van der Waals surface area contributed by atoms with Gasteiger partial charge in [-0.3, -0.25) is 9.59 Å². The zero-order valence-corrected chi connectivity index (χ0v) is 98.7. The third kappa shape index (κ3) is 54.4. The van der Waals surface area contributed by atoms with E-state index in [4.69, 9.17) is 28.4 Å². The van der Waals surface area contributed by atoms with Crippen LogP contribution < -0.4 is 39.1 Å². The normalized spacial score (nSPS) is 14.3. The Balaban J connectivity index is 1.02. The lowest BCUT2D eigenvalue weighted by atomic mass is 9.93. The van der Waals surface area contributed by atoms with E-state index in [1.807, 2.05) is 72.8 Å². The number of nitrogens with one attached hydrogen (secondary N) is 2. The minimum absolute atomic E-state index is 0.237. The third-order valence-corrected chi connectivity index (χ3v) is 33.7. The molecule has 7 aromatic rings. The lowest BCUT2D eigenvalue weighted by Crippen LogP contribution is -2.15. The van der Waals surface area contributed by atoms with Gasteiger partial charge in [0.05, 0.1) is 49.4 Å². The van der Waals surface area contributed by atoms with E-state index in [1.165, 1.54) is 241 Å². The molecule has 0 spiro atoms. The molecule has 3 heterocycles. The van der Waals surface area contributed by atoms with E-state index in [2.05, 4.69) is 237 Å². The number of thiophene rings is 3. The number of hydrogen-bond donors (Lipinski definition) is 2. The largest absolute Gasteiger partial charge is 0.490 e. The van der Waals surface area contributed by atoms with Crippen molar-refractivity contribution in [2.45, 2.75) is 436 Å². The number of ether oxygens (including phenoxy) is 6. The Bertz CT molecular complexity index is 4340. The zero-order chi connectivity index (χ0) is 105. The molecule has 2 N–H and O–H groups in total. The molecule has 0 fully saturated rings. The summed E-state index contributed by atoms with van der Waals surface area (Å²) in [6, 6.07) is 36.1. The van der Waals surface area contributed by atoms with Gasteiger partial charge >= 0.3 is 0 Å². The highest BCUT2D eigenvalue weighted by Gasteiger charge is 2.26. The van der Waals surface area contributed by atoms with Crippen molar-refractivity contribution < 1.29 is 38.0 Å². The van der Waals surface area contributed by atoms with Crippen LogP contribution >= 0.6 is 34.0 Å². The first-order chi connectivity index (χ1) is 69.6. The topological polar surface area (TPSA) is 114 Å². The van der Waals surface area contributed by atoms with Crippen LogP contribution in [-0.2, 0) is 0 Å². The summed E-state index contributed by atoms with van der Waals surface area (Å²) < 4.78 is 41.1. The molecule has 0 aliphatic heterocycles. The quantitative estimate of drug-likeness (QED) is 0.0363. The van der Waals surface area contributed by atoms with E-state index in [0.29, 0.717) is 132 Å². The average molecular weight is 2050 g/mol. The number of amides is 2. The summed E-state index contributed by atoms with van der Waals surface area (Å²) in [5.74, 6) is 28.8. The van der Waals surface area contributed by atoms with Crippen LogP contribution in [0, 0.1) is 130 Å². The number of anilines is 2. The van der Waals surface area contributed by atoms with Crippen molar-refractivity contribution in [2.24, 2.45) is 107 Å². The molecule has 0 saturated carbocycles. The fraction of sp³-hybridized carbons (Fsp3) is 0.682. The van der Waals surface area contributed by atoms with E-state index in [-0.39, 0.29) is 11.8 Å². The highest BCUT2D eigenvalue weighted by Crippen LogP contribution is 2.45. The minimum Gasteiger partial charge on any atom is -0.490 e. The van der Waals surface area contributed by atoms with Gasteiger partial charge in [0.2, 0.25) is 11.5 Å². The van der Waals surface area contributed by atoms with E-state index in [0.717, 1.165) is 140 Å². The maximum atomic E-state index is 14.7. The number of carbonyl (C=O) groups excluding carboxylic acids is 2. The van der Waals surface area contributed by atoms with Gasteiger partial charge in [-0.1, -0.05) is 421 Å². The van der Waals surface area contributed by atoms with Crippen LogP contribution in [0.1, 0.15) is 477 Å². The van der Waals surface area contributed by atoms with Gasteiger partial charge in [-0.05, 0) is 254 Å². The molecular weight excluding hydrogens is 1840 g/mol. The Labute approximate surface area is 900 Å². The van der Waals surface area contributed by atoms with Crippen LogP contribution in [0.2, 0.25) is 0 Å². The van der Waals surface area contributed by atoms with Crippen molar-refractivity contribution in [1.82, 2.24) is 0 Å². The molecular formula is C132H206N2O8S3. The molecule has 0 radical (unpaired) electrons. The summed E-state index contributed by atoms with van der Waals surface area (Å²) >= 11 is 5.16.